The highest BCUT2D eigenvalue weighted by Gasteiger charge is 2.35. The van der Waals surface area contributed by atoms with Crippen molar-refractivity contribution < 1.29 is 19.1 Å². The predicted molar refractivity (Wildman–Crippen MR) is 197 cm³/mol. The van der Waals surface area contributed by atoms with Crippen molar-refractivity contribution in [2.45, 2.75) is 20.0 Å². The van der Waals surface area contributed by atoms with Gasteiger partial charge in [-0.2, -0.15) is 10.4 Å². The lowest BCUT2D eigenvalue weighted by Crippen LogP contribution is -2.43. The Morgan fingerprint density at radius 3 is 2.25 bits per heavy atom. The van der Waals surface area contributed by atoms with E-state index >= 15 is 0 Å². The first kappa shape index (κ1) is 32.8. The van der Waals surface area contributed by atoms with Crippen molar-refractivity contribution in [1.29, 1.82) is 5.26 Å². The Morgan fingerprint density at radius 2 is 1.51 bits per heavy atom. The lowest BCUT2D eigenvalue weighted by atomic mass is 9.93. The topological polar surface area (TPSA) is 97.5 Å². The molecule has 0 bridgehead atoms. The largest absolute Gasteiger partial charge is 0.497 e. The van der Waals surface area contributed by atoms with Crippen LogP contribution < -0.4 is 9.47 Å². The van der Waals surface area contributed by atoms with Crippen LogP contribution in [0.3, 0.4) is 0 Å². The SMILES string of the molecule is COc1ccc(CCN2C(=O)C(C#N)=C(C)/C(=C\c3cn(-c4ccccc4)nc3-c3ccc(OCc4cccc5ccccc45)cc3)C2=O)cc1. The van der Waals surface area contributed by atoms with Gasteiger partial charge in [0.1, 0.15) is 29.7 Å². The fourth-order valence-corrected chi connectivity index (χ4v) is 6.24. The zero-order valence-electron chi connectivity index (χ0n) is 28.2. The Hall–Kier alpha value is -6.72. The zero-order chi connectivity index (χ0) is 35.3. The van der Waals surface area contributed by atoms with Gasteiger partial charge in [0.15, 0.2) is 0 Å². The van der Waals surface area contributed by atoms with Gasteiger partial charge in [-0.05, 0) is 95.4 Å². The number of imide groups is 1. The van der Waals surface area contributed by atoms with Gasteiger partial charge in [-0.15, -0.1) is 0 Å². The van der Waals surface area contributed by atoms with Crippen LogP contribution >= 0.6 is 0 Å². The minimum absolute atomic E-state index is 0.0553. The average Bonchev–Trinajstić information content (AvgIpc) is 3.60. The molecule has 1 aliphatic rings. The van der Waals surface area contributed by atoms with Gasteiger partial charge in [-0.25, -0.2) is 4.68 Å². The number of aromatic nitrogens is 2. The molecule has 2 amide bonds. The minimum atomic E-state index is -0.593. The first-order valence-corrected chi connectivity index (χ1v) is 16.6. The molecular formula is C43H34N4O4. The molecule has 8 heteroatoms. The Morgan fingerprint density at radius 1 is 0.804 bits per heavy atom. The van der Waals surface area contributed by atoms with E-state index in [0.717, 1.165) is 38.1 Å². The number of amides is 2. The molecule has 51 heavy (non-hydrogen) atoms. The lowest BCUT2D eigenvalue weighted by Gasteiger charge is -2.27. The molecule has 7 rings (SSSR count). The van der Waals surface area contributed by atoms with E-state index in [9.17, 15) is 14.9 Å². The van der Waals surface area contributed by atoms with Crippen LogP contribution in [0.15, 0.2) is 144 Å². The first-order chi connectivity index (χ1) is 24.9. The van der Waals surface area contributed by atoms with Gasteiger partial charge in [-0.1, -0.05) is 72.8 Å². The second-order valence-corrected chi connectivity index (χ2v) is 12.2. The predicted octanol–water partition coefficient (Wildman–Crippen LogP) is 8.12. The van der Waals surface area contributed by atoms with Gasteiger partial charge in [0.2, 0.25) is 0 Å². The molecule has 0 atom stereocenters. The Balaban J connectivity index is 1.21. The van der Waals surface area contributed by atoms with Crippen molar-refractivity contribution in [3.63, 3.8) is 0 Å². The van der Waals surface area contributed by atoms with Gasteiger partial charge >= 0.3 is 0 Å². The molecule has 0 spiro atoms. The fraction of sp³-hybridized carbons (Fsp3) is 0.116. The van der Waals surface area contributed by atoms with Crippen molar-refractivity contribution >= 4 is 28.7 Å². The van der Waals surface area contributed by atoms with E-state index in [1.807, 2.05) is 109 Å². The minimum Gasteiger partial charge on any atom is -0.497 e. The summed E-state index contributed by atoms with van der Waals surface area (Å²) in [6.45, 7) is 2.18. The van der Waals surface area contributed by atoms with Crippen LogP contribution in [0.25, 0.3) is 33.8 Å². The molecule has 250 valence electrons. The summed E-state index contributed by atoms with van der Waals surface area (Å²) in [6.07, 6.45) is 4.01. The van der Waals surface area contributed by atoms with E-state index in [2.05, 4.69) is 24.3 Å². The Kier molecular flexibility index (Phi) is 9.27. The highest BCUT2D eigenvalue weighted by molar-refractivity contribution is 6.19. The number of benzene rings is 5. The third kappa shape index (κ3) is 6.78. The number of rotatable bonds is 10. The number of para-hydroxylation sites is 1. The quantitative estimate of drug-likeness (QED) is 0.108. The second kappa shape index (κ2) is 14.4. The van der Waals surface area contributed by atoms with Crippen molar-refractivity contribution in [3.05, 3.63) is 161 Å². The average molecular weight is 671 g/mol. The van der Waals surface area contributed by atoms with Crippen LogP contribution in [-0.2, 0) is 22.6 Å². The van der Waals surface area contributed by atoms with Gasteiger partial charge in [0.05, 0.1) is 18.5 Å². The summed E-state index contributed by atoms with van der Waals surface area (Å²) >= 11 is 0. The van der Waals surface area contributed by atoms with Gasteiger partial charge < -0.3 is 9.47 Å². The molecular weight excluding hydrogens is 636 g/mol. The van der Waals surface area contributed by atoms with E-state index in [0.29, 0.717) is 41.4 Å². The van der Waals surface area contributed by atoms with E-state index in [1.165, 1.54) is 0 Å². The van der Waals surface area contributed by atoms with Crippen LogP contribution in [0.2, 0.25) is 0 Å². The number of nitrogens with zero attached hydrogens (tertiary/aromatic N) is 4. The molecule has 0 aliphatic carbocycles. The van der Waals surface area contributed by atoms with Crippen LogP contribution in [0.5, 0.6) is 11.5 Å². The number of fused-ring (bicyclic) bond motifs is 1. The summed E-state index contributed by atoms with van der Waals surface area (Å²) in [7, 11) is 1.60. The van der Waals surface area contributed by atoms with Gasteiger partial charge in [0.25, 0.3) is 11.8 Å². The van der Waals surface area contributed by atoms with Crippen LogP contribution in [0.1, 0.15) is 23.6 Å². The summed E-state index contributed by atoms with van der Waals surface area (Å²) in [5.74, 6) is 0.375. The van der Waals surface area contributed by atoms with E-state index in [4.69, 9.17) is 14.6 Å². The molecule has 0 fully saturated rings. The zero-order valence-corrected chi connectivity index (χ0v) is 28.2. The lowest BCUT2D eigenvalue weighted by molar-refractivity contribution is -0.140. The molecule has 0 saturated heterocycles. The normalized spacial score (nSPS) is 13.9. The smallest absolute Gasteiger partial charge is 0.271 e. The molecule has 1 aliphatic heterocycles. The molecule has 5 aromatic carbocycles. The van der Waals surface area contributed by atoms with Crippen molar-refractivity contribution in [1.82, 2.24) is 14.7 Å². The van der Waals surface area contributed by atoms with Gasteiger partial charge in [-0.3, -0.25) is 14.5 Å². The number of carbonyl (C=O) groups is 2. The number of nitriles is 1. The maximum absolute atomic E-state index is 14.0. The number of hydrogen-bond donors (Lipinski definition) is 0. The first-order valence-electron chi connectivity index (χ1n) is 16.6. The summed E-state index contributed by atoms with van der Waals surface area (Å²) in [5.41, 5.74) is 5.53. The van der Waals surface area contributed by atoms with Crippen molar-refractivity contribution in [2.24, 2.45) is 0 Å². The van der Waals surface area contributed by atoms with E-state index < -0.39 is 11.8 Å². The number of methoxy groups -OCH3 is 1. The molecule has 0 saturated carbocycles. The summed E-state index contributed by atoms with van der Waals surface area (Å²) in [6, 6.07) is 41.3. The summed E-state index contributed by atoms with van der Waals surface area (Å²) < 4.78 is 13.2. The molecule has 0 radical (unpaired) electrons. The molecule has 0 unspecified atom stereocenters. The third-order valence-electron chi connectivity index (χ3n) is 9.07. The van der Waals surface area contributed by atoms with Crippen molar-refractivity contribution in [3.8, 4) is 34.5 Å². The van der Waals surface area contributed by atoms with Crippen LogP contribution in [0, 0.1) is 11.3 Å². The summed E-state index contributed by atoms with van der Waals surface area (Å²) in [5, 5.41) is 17.3. The van der Waals surface area contributed by atoms with E-state index in [1.54, 1.807) is 24.8 Å². The maximum Gasteiger partial charge on any atom is 0.271 e. The number of hydrogen-bond acceptors (Lipinski definition) is 6. The molecule has 0 N–H and O–H groups in total. The second-order valence-electron chi connectivity index (χ2n) is 12.2. The monoisotopic (exact) mass is 670 g/mol. The molecule has 6 aromatic rings. The highest BCUT2D eigenvalue weighted by Crippen LogP contribution is 2.32. The Bertz CT molecular complexity index is 2340. The maximum atomic E-state index is 14.0. The third-order valence-corrected chi connectivity index (χ3v) is 9.07. The number of carbonyl (C=O) groups excluding carboxylic acids is 2. The van der Waals surface area contributed by atoms with Gasteiger partial charge in [0, 0.05) is 29.4 Å². The van der Waals surface area contributed by atoms with E-state index in [-0.39, 0.29) is 17.7 Å². The van der Waals surface area contributed by atoms with Crippen LogP contribution in [-0.4, -0.2) is 40.1 Å². The molecule has 2 heterocycles. The fourth-order valence-electron chi connectivity index (χ4n) is 6.24. The Labute approximate surface area is 296 Å². The summed E-state index contributed by atoms with van der Waals surface area (Å²) in [4.78, 5) is 28.5. The highest BCUT2D eigenvalue weighted by atomic mass is 16.5. The molecule has 1 aromatic heterocycles. The van der Waals surface area contributed by atoms with Crippen molar-refractivity contribution in [2.75, 3.05) is 13.7 Å². The number of ether oxygens (including phenoxy) is 2. The molecule has 8 nitrogen and oxygen atoms in total. The standard InChI is InChI=1S/C43H34N4O4/c1-29-39(42(48)46(43(49)40(29)26-44)24-23-30-15-19-36(50-2)20-16-30)25-34-27-47(35-12-4-3-5-13-35)45-41(34)32-17-21-37(22-18-32)51-28-33-11-8-10-31-9-6-7-14-38(31)33/h3-22,25,27H,23-24,28H2,1-2H3/b39-25+. The van der Waals surface area contributed by atoms with Crippen LogP contribution in [0.4, 0.5) is 0 Å².